The van der Waals surface area contributed by atoms with Gasteiger partial charge < -0.3 is 0 Å². The quantitative estimate of drug-likeness (QED) is 0.659. The summed E-state index contributed by atoms with van der Waals surface area (Å²) in [5.74, 6) is 0. The van der Waals surface area contributed by atoms with Crippen LogP contribution in [0.5, 0.6) is 0 Å². The van der Waals surface area contributed by atoms with Gasteiger partial charge in [-0.25, -0.2) is 0 Å². The summed E-state index contributed by atoms with van der Waals surface area (Å²) < 4.78 is 1.92. The van der Waals surface area contributed by atoms with E-state index in [1.54, 1.807) is 0 Å². The number of hydrogen-bond acceptors (Lipinski definition) is 2. The zero-order chi connectivity index (χ0) is 13.6. The van der Waals surface area contributed by atoms with E-state index in [4.69, 9.17) is 0 Å². The number of hydrogen-bond donors (Lipinski definition) is 0. The number of aliphatic imine (C=N–C) groups is 1. The van der Waals surface area contributed by atoms with E-state index in [1.807, 2.05) is 71.8 Å². The first kappa shape index (κ1) is 12.4. The third-order valence-corrected chi connectivity index (χ3v) is 2.96. The van der Waals surface area contributed by atoms with Crippen LogP contribution in [0.25, 0.3) is 0 Å². The molecule has 3 aromatic rings. The molecule has 20 heavy (non-hydrogen) atoms. The Morgan fingerprint density at radius 1 is 0.950 bits per heavy atom. The van der Waals surface area contributed by atoms with Crippen LogP contribution >= 0.6 is 0 Å². The van der Waals surface area contributed by atoms with E-state index in [0.29, 0.717) is 0 Å². The van der Waals surface area contributed by atoms with Crippen molar-refractivity contribution in [2.75, 3.05) is 0 Å². The van der Waals surface area contributed by atoms with E-state index in [9.17, 15) is 0 Å². The van der Waals surface area contributed by atoms with E-state index in [0.717, 1.165) is 17.8 Å². The number of para-hydroxylation sites is 1. The van der Waals surface area contributed by atoms with Gasteiger partial charge >= 0.3 is 0 Å². The maximum absolute atomic E-state index is 4.42. The Balaban J connectivity index is 1.70. The molecule has 0 saturated carbocycles. The Labute approximate surface area is 118 Å². The molecule has 0 saturated heterocycles. The van der Waals surface area contributed by atoms with Crippen LogP contribution in [0.15, 0.2) is 78.0 Å². The van der Waals surface area contributed by atoms with Gasteiger partial charge in [-0.3, -0.25) is 9.67 Å². The molecule has 0 unspecified atom stereocenters. The summed E-state index contributed by atoms with van der Waals surface area (Å²) in [6.07, 6.45) is 5.67. The van der Waals surface area contributed by atoms with Gasteiger partial charge in [-0.15, -0.1) is 0 Å². The molecule has 3 nitrogen and oxygen atoms in total. The highest BCUT2D eigenvalue weighted by molar-refractivity contribution is 5.81. The summed E-state index contributed by atoms with van der Waals surface area (Å²) in [6.45, 7) is 0.778. The Kier molecular flexibility index (Phi) is 3.69. The summed E-state index contributed by atoms with van der Waals surface area (Å²) in [5.41, 5.74) is 3.19. The predicted molar refractivity (Wildman–Crippen MR) is 81.5 cm³/mol. The molecule has 98 valence electrons. The van der Waals surface area contributed by atoms with Crippen molar-refractivity contribution in [3.8, 4) is 0 Å². The lowest BCUT2D eigenvalue weighted by atomic mass is 10.2. The number of aromatic nitrogens is 2. The normalized spacial score (nSPS) is 11.0. The average molecular weight is 261 g/mol. The van der Waals surface area contributed by atoms with Crippen LogP contribution in [-0.4, -0.2) is 16.0 Å². The van der Waals surface area contributed by atoms with E-state index in [2.05, 4.69) is 22.2 Å². The molecule has 2 aromatic carbocycles. The summed E-state index contributed by atoms with van der Waals surface area (Å²) in [4.78, 5) is 4.42. The fourth-order valence-electron chi connectivity index (χ4n) is 1.97. The number of rotatable bonds is 4. The van der Waals surface area contributed by atoms with E-state index < -0.39 is 0 Å². The molecule has 0 aliphatic rings. The molecule has 0 atom stereocenters. The third-order valence-electron chi connectivity index (χ3n) is 2.96. The minimum absolute atomic E-state index is 0.778. The lowest BCUT2D eigenvalue weighted by Crippen LogP contribution is -1.99. The van der Waals surface area contributed by atoms with Gasteiger partial charge in [-0.1, -0.05) is 48.5 Å². The Hall–Kier alpha value is -2.68. The number of nitrogens with zero attached hydrogens (tertiary/aromatic N) is 3. The molecule has 0 spiro atoms. The summed E-state index contributed by atoms with van der Waals surface area (Å²) in [7, 11) is 0. The molecular weight excluding hydrogens is 246 g/mol. The first-order chi connectivity index (χ1) is 9.90. The first-order valence-corrected chi connectivity index (χ1v) is 6.56. The van der Waals surface area contributed by atoms with Crippen molar-refractivity contribution in [1.82, 2.24) is 9.78 Å². The van der Waals surface area contributed by atoms with Gasteiger partial charge in [0, 0.05) is 18.0 Å². The standard InChI is InChI=1S/C17H15N3/c1-3-7-15(8-4-1)13-20-14-16(12-19-20)11-18-17-9-5-2-6-10-17/h1-12,14H,13H2. The molecule has 0 N–H and O–H groups in total. The van der Waals surface area contributed by atoms with Gasteiger partial charge in [0.15, 0.2) is 0 Å². The maximum Gasteiger partial charge on any atom is 0.0659 e. The predicted octanol–water partition coefficient (Wildman–Crippen LogP) is 3.68. The van der Waals surface area contributed by atoms with Crippen LogP contribution in [0.2, 0.25) is 0 Å². The smallest absolute Gasteiger partial charge is 0.0659 e. The fraction of sp³-hybridized carbons (Fsp3) is 0.0588. The Bertz CT molecular complexity index is 685. The second-order valence-electron chi connectivity index (χ2n) is 4.55. The van der Waals surface area contributed by atoms with Crippen molar-refractivity contribution >= 4 is 11.9 Å². The van der Waals surface area contributed by atoms with Gasteiger partial charge in [-0.2, -0.15) is 5.10 Å². The second-order valence-corrected chi connectivity index (χ2v) is 4.55. The van der Waals surface area contributed by atoms with Crippen molar-refractivity contribution in [1.29, 1.82) is 0 Å². The molecule has 0 radical (unpaired) electrons. The fourth-order valence-corrected chi connectivity index (χ4v) is 1.97. The molecule has 1 aromatic heterocycles. The van der Waals surface area contributed by atoms with Gasteiger partial charge in [0.1, 0.15) is 0 Å². The molecule has 0 amide bonds. The summed E-state index contributed by atoms with van der Waals surface area (Å²) in [6, 6.07) is 20.2. The van der Waals surface area contributed by atoms with Crippen molar-refractivity contribution in [2.24, 2.45) is 4.99 Å². The SMILES string of the molecule is C(=Nc1ccccc1)c1cnn(Cc2ccccc2)c1. The van der Waals surface area contributed by atoms with E-state index in [-0.39, 0.29) is 0 Å². The average Bonchev–Trinajstić information content (AvgIpc) is 2.95. The first-order valence-electron chi connectivity index (χ1n) is 6.56. The number of benzene rings is 2. The Morgan fingerprint density at radius 2 is 1.65 bits per heavy atom. The molecule has 0 aliphatic heterocycles. The molecule has 3 heteroatoms. The van der Waals surface area contributed by atoms with Crippen molar-refractivity contribution in [2.45, 2.75) is 6.54 Å². The van der Waals surface area contributed by atoms with E-state index in [1.165, 1.54) is 5.56 Å². The van der Waals surface area contributed by atoms with Crippen molar-refractivity contribution in [3.63, 3.8) is 0 Å². The highest BCUT2D eigenvalue weighted by Gasteiger charge is 1.97. The van der Waals surface area contributed by atoms with Crippen LogP contribution < -0.4 is 0 Å². The van der Waals surface area contributed by atoms with Crippen LogP contribution in [0.3, 0.4) is 0 Å². The van der Waals surface area contributed by atoms with Crippen molar-refractivity contribution < 1.29 is 0 Å². The molecule has 0 bridgehead atoms. The van der Waals surface area contributed by atoms with Gasteiger partial charge in [-0.05, 0) is 17.7 Å². The second kappa shape index (κ2) is 5.97. The maximum atomic E-state index is 4.42. The largest absolute Gasteiger partial charge is 0.268 e. The monoisotopic (exact) mass is 261 g/mol. The molecule has 0 fully saturated rings. The van der Waals surface area contributed by atoms with Gasteiger partial charge in [0.2, 0.25) is 0 Å². The van der Waals surface area contributed by atoms with Crippen molar-refractivity contribution in [3.05, 3.63) is 84.2 Å². The minimum Gasteiger partial charge on any atom is -0.268 e. The van der Waals surface area contributed by atoms with E-state index >= 15 is 0 Å². The van der Waals surface area contributed by atoms with Gasteiger partial charge in [0.05, 0.1) is 18.4 Å². The zero-order valence-corrected chi connectivity index (χ0v) is 11.1. The van der Waals surface area contributed by atoms with Crippen LogP contribution in [-0.2, 0) is 6.54 Å². The lowest BCUT2D eigenvalue weighted by molar-refractivity contribution is 0.687. The highest BCUT2D eigenvalue weighted by Crippen LogP contribution is 2.10. The van der Waals surface area contributed by atoms with Crippen LogP contribution in [0.1, 0.15) is 11.1 Å². The molecule has 0 aliphatic carbocycles. The summed E-state index contributed by atoms with van der Waals surface area (Å²) >= 11 is 0. The minimum atomic E-state index is 0.778. The van der Waals surface area contributed by atoms with Gasteiger partial charge in [0.25, 0.3) is 0 Å². The molecule has 3 rings (SSSR count). The third kappa shape index (κ3) is 3.20. The zero-order valence-electron chi connectivity index (χ0n) is 11.1. The molecular formula is C17H15N3. The summed E-state index contributed by atoms with van der Waals surface area (Å²) in [5, 5.41) is 4.35. The Morgan fingerprint density at radius 3 is 2.40 bits per heavy atom. The van der Waals surface area contributed by atoms with Crippen LogP contribution in [0.4, 0.5) is 5.69 Å². The molecule has 1 heterocycles. The highest BCUT2D eigenvalue weighted by atomic mass is 15.3. The lowest BCUT2D eigenvalue weighted by Gasteiger charge is -2.00. The topological polar surface area (TPSA) is 30.2 Å². The van der Waals surface area contributed by atoms with Crippen LogP contribution in [0, 0.1) is 0 Å².